The van der Waals surface area contributed by atoms with E-state index in [4.69, 9.17) is 61.6 Å². The number of ether oxygens (including phenoxy) is 13. The van der Waals surface area contributed by atoms with Crippen LogP contribution in [0.5, 0.6) is 0 Å². The van der Waals surface area contributed by atoms with E-state index in [-0.39, 0.29) is 47.2 Å². The minimum atomic E-state index is -2.07. The zero-order valence-electron chi connectivity index (χ0n) is 54.7. The third-order valence-electron chi connectivity index (χ3n) is 24.3. The summed E-state index contributed by atoms with van der Waals surface area (Å²) in [7, 11) is 0. The van der Waals surface area contributed by atoms with Crippen molar-refractivity contribution in [1.82, 2.24) is 0 Å². The molecule has 11 rings (SSSR count). The van der Waals surface area contributed by atoms with Crippen molar-refractivity contribution in [3.63, 3.8) is 0 Å². The SMILES string of the molecule is C[C@@H](CCC1(O)O[C@H]2C[C@H]3[C@@H]4CC[C@@H]5C[C@@H](O[C@@H]6O[C@H](CO)[C@H](O)[C@H](O)[C@H]6O[C@@H]6O[C@H](CO)[C@@H](O[C@H]7O[C@H](CO)[C@@H](O[C@H]8O[C@H](CO)[C@@H](O)[C@H](O)[C@H]8O)[C@H](O)[C@H]7O)[C@H](O)[C@H]6O)CC[C@]5(C)[C@H]4CC[C@]3(C)[C@H]2[C@@H]1C)CO[C@@H]1O[C@H](CO)[C@@H](O[C@H]2O[C@H](CO)[C@@H](O)[C@H](O)[C@H]2O)[C@H](O)[C@H]1O. The maximum atomic E-state index is 12.3. The molecule has 42 atom stereocenters. The lowest BCUT2D eigenvalue weighted by Gasteiger charge is -2.61. The van der Waals surface area contributed by atoms with Gasteiger partial charge in [0.25, 0.3) is 0 Å². The van der Waals surface area contributed by atoms with E-state index in [0.29, 0.717) is 43.4 Å². The number of fused-ring (bicyclic) bond motifs is 7. The molecule has 0 aromatic rings. The van der Waals surface area contributed by atoms with Crippen LogP contribution in [0.2, 0.25) is 0 Å². The first-order chi connectivity index (χ1) is 46.0. The Labute approximate surface area is 559 Å². The molecular formula is C63H106O34. The fraction of sp³-hybridized carbons (Fsp3) is 1.00. The van der Waals surface area contributed by atoms with Gasteiger partial charge in [-0.3, -0.25) is 0 Å². The number of aliphatic hydroxyl groups excluding tert-OH is 20. The Morgan fingerprint density at radius 3 is 1.30 bits per heavy atom. The summed E-state index contributed by atoms with van der Waals surface area (Å²) in [5.41, 5.74) is -0.215. The summed E-state index contributed by atoms with van der Waals surface area (Å²) in [6.45, 7) is 3.89. The molecule has 0 aromatic carbocycles. The van der Waals surface area contributed by atoms with Gasteiger partial charge < -0.3 is 169 Å². The van der Waals surface area contributed by atoms with Crippen molar-refractivity contribution in [3.8, 4) is 0 Å². The van der Waals surface area contributed by atoms with Gasteiger partial charge in [0.05, 0.1) is 58.5 Å². The van der Waals surface area contributed by atoms with Crippen molar-refractivity contribution in [2.75, 3.05) is 46.2 Å². The molecule has 34 nitrogen and oxygen atoms in total. The fourth-order valence-electron chi connectivity index (χ4n) is 18.6. The number of hydrogen-bond donors (Lipinski definition) is 21. The highest BCUT2D eigenvalue weighted by molar-refractivity contribution is 5.15. The summed E-state index contributed by atoms with van der Waals surface area (Å²) in [5, 5.41) is 225. The van der Waals surface area contributed by atoms with Crippen LogP contribution in [0, 0.1) is 52.3 Å². The summed E-state index contributed by atoms with van der Waals surface area (Å²) >= 11 is 0. The molecule has 0 radical (unpaired) electrons. The van der Waals surface area contributed by atoms with Crippen molar-refractivity contribution < 1.29 is 169 Å². The lowest BCUT2D eigenvalue weighted by Crippen LogP contribution is -2.67. The molecule has 4 aliphatic carbocycles. The van der Waals surface area contributed by atoms with Crippen LogP contribution in [-0.2, 0) is 61.6 Å². The van der Waals surface area contributed by atoms with Crippen LogP contribution in [-0.4, -0.2) is 356 Å². The normalized spacial score (nSPS) is 55.1. The Kier molecular flexibility index (Phi) is 24.5. The van der Waals surface area contributed by atoms with Crippen LogP contribution in [0.15, 0.2) is 0 Å². The molecule has 7 saturated heterocycles. The molecule has 11 aliphatic rings. The fourth-order valence-corrected chi connectivity index (χ4v) is 18.6. The monoisotopic (exact) mass is 1410 g/mol. The molecule has 7 aliphatic heterocycles. The standard InChI is InChI=1S/C63H106O34/c1-22(21-85-55-48(81)43(76)51(33(18-67)90-55)93-56-46(79)40(73)37(70)30(15-64)87-56)7-12-63(84)23(2)36-29(97-63)14-28-26-6-5-24-13-25(8-10-61(24,3)27(26)9-11-62(28,36)4)86-60-54(42(75)39(72)32(17-66)89-60)96-59-50(83)45(78)53(35(20-69)92-59)95-58-49(82)44(77)52(34(19-68)91-58)94-57-47(80)41(74)38(71)31(16-65)88-57/h22-60,64-84H,5-21H2,1-4H3/t22-,23-,24+,25-,26+,27-,28-,29-,30+,31+,32+,33+,34+,35+,36-,37+,38+,39-,40-,41-,42-,43+,44+,45+,46+,47+,48+,49+,50+,51+,52+,53+,54+,55+,56+,57+,58+,59-,60+,61-,62-,63?/m0/s1. The lowest BCUT2D eigenvalue weighted by atomic mass is 9.44. The lowest BCUT2D eigenvalue weighted by molar-refractivity contribution is -0.393. The summed E-state index contributed by atoms with van der Waals surface area (Å²) in [5.74, 6) is -0.494. The van der Waals surface area contributed by atoms with Gasteiger partial charge in [-0.25, -0.2) is 0 Å². The highest BCUT2D eigenvalue weighted by atomic mass is 16.8. The predicted octanol–water partition coefficient (Wildman–Crippen LogP) is -8.31. The van der Waals surface area contributed by atoms with Gasteiger partial charge in [0.15, 0.2) is 43.5 Å². The molecule has 11 fully saturated rings. The van der Waals surface area contributed by atoms with Gasteiger partial charge in [0.2, 0.25) is 0 Å². The summed E-state index contributed by atoms with van der Waals surface area (Å²) < 4.78 is 76.9. The van der Waals surface area contributed by atoms with Crippen LogP contribution in [0.3, 0.4) is 0 Å². The number of hydrogen-bond acceptors (Lipinski definition) is 34. The van der Waals surface area contributed by atoms with Crippen molar-refractivity contribution in [1.29, 1.82) is 0 Å². The molecule has 4 saturated carbocycles. The zero-order chi connectivity index (χ0) is 70.2. The van der Waals surface area contributed by atoms with E-state index in [0.717, 1.165) is 38.5 Å². The first-order valence-electron chi connectivity index (χ1n) is 34.4. The van der Waals surface area contributed by atoms with Crippen LogP contribution >= 0.6 is 0 Å². The van der Waals surface area contributed by atoms with E-state index in [1.54, 1.807) is 0 Å². The zero-order valence-corrected chi connectivity index (χ0v) is 54.7. The van der Waals surface area contributed by atoms with E-state index >= 15 is 0 Å². The largest absolute Gasteiger partial charge is 0.394 e. The topological polar surface area (TPSA) is 545 Å². The third kappa shape index (κ3) is 14.4. The van der Waals surface area contributed by atoms with Gasteiger partial charge in [-0.15, -0.1) is 0 Å². The molecule has 0 amide bonds. The Morgan fingerprint density at radius 1 is 0.412 bits per heavy atom. The smallest absolute Gasteiger partial charge is 0.187 e. The van der Waals surface area contributed by atoms with Gasteiger partial charge in [0, 0.05) is 12.3 Å². The number of rotatable bonds is 22. The second-order valence-corrected chi connectivity index (χ2v) is 29.9. The molecule has 562 valence electrons. The molecule has 34 heteroatoms. The van der Waals surface area contributed by atoms with Gasteiger partial charge >= 0.3 is 0 Å². The molecule has 21 N–H and O–H groups in total. The predicted molar refractivity (Wildman–Crippen MR) is 317 cm³/mol. The first kappa shape index (κ1) is 76.8. The molecule has 97 heavy (non-hydrogen) atoms. The molecule has 0 bridgehead atoms. The van der Waals surface area contributed by atoms with Crippen LogP contribution < -0.4 is 0 Å². The van der Waals surface area contributed by atoms with Crippen LogP contribution in [0.4, 0.5) is 0 Å². The van der Waals surface area contributed by atoms with E-state index in [1.807, 2.05) is 6.92 Å². The van der Waals surface area contributed by atoms with Gasteiger partial charge in [-0.2, -0.15) is 0 Å². The average molecular weight is 1410 g/mol. The van der Waals surface area contributed by atoms with Gasteiger partial charge in [-0.05, 0) is 104 Å². The Bertz CT molecular complexity index is 2510. The van der Waals surface area contributed by atoms with E-state index in [9.17, 15) is 107 Å². The summed E-state index contributed by atoms with van der Waals surface area (Å²) in [4.78, 5) is 0. The first-order valence-corrected chi connectivity index (χ1v) is 34.4. The molecular weight excluding hydrogens is 1300 g/mol. The Balaban J connectivity index is 0.667. The summed E-state index contributed by atoms with van der Waals surface area (Å²) in [6.07, 6.45) is -44.6. The second kappa shape index (κ2) is 31.0. The average Bonchev–Trinajstić information content (AvgIpc) is 1.56. The molecule has 0 spiro atoms. The quantitative estimate of drug-likeness (QED) is 0.0448. The maximum absolute atomic E-state index is 12.3. The van der Waals surface area contributed by atoms with Crippen molar-refractivity contribution in [2.24, 2.45) is 52.3 Å². The minimum absolute atomic E-state index is 0.0248. The van der Waals surface area contributed by atoms with Crippen LogP contribution in [0.1, 0.15) is 91.9 Å². The van der Waals surface area contributed by atoms with Crippen molar-refractivity contribution in [2.45, 2.75) is 294 Å². The van der Waals surface area contributed by atoms with Crippen molar-refractivity contribution >= 4 is 0 Å². The van der Waals surface area contributed by atoms with Crippen molar-refractivity contribution in [3.05, 3.63) is 0 Å². The Morgan fingerprint density at radius 2 is 0.814 bits per heavy atom. The summed E-state index contributed by atoms with van der Waals surface area (Å²) in [6, 6.07) is 0. The third-order valence-corrected chi connectivity index (χ3v) is 24.3. The Hall–Kier alpha value is -1.36. The maximum Gasteiger partial charge on any atom is 0.187 e. The second-order valence-electron chi connectivity index (χ2n) is 29.9. The van der Waals surface area contributed by atoms with Crippen LogP contribution in [0.25, 0.3) is 0 Å². The number of aliphatic hydroxyl groups is 21. The van der Waals surface area contributed by atoms with E-state index < -0.39 is 236 Å². The van der Waals surface area contributed by atoms with Gasteiger partial charge in [-0.1, -0.05) is 27.7 Å². The highest BCUT2D eigenvalue weighted by Gasteiger charge is 2.69. The molecule has 0 aromatic heterocycles. The van der Waals surface area contributed by atoms with E-state index in [1.165, 1.54) is 0 Å². The highest BCUT2D eigenvalue weighted by Crippen LogP contribution is 2.71. The van der Waals surface area contributed by atoms with Gasteiger partial charge in [0.1, 0.15) is 146 Å². The minimum Gasteiger partial charge on any atom is -0.394 e. The molecule has 1 unspecified atom stereocenters. The molecule has 7 heterocycles. The van der Waals surface area contributed by atoms with E-state index in [2.05, 4.69) is 20.8 Å².